The minimum Gasteiger partial charge on any atom is -0.489 e. The highest BCUT2D eigenvalue weighted by Crippen LogP contribution is 2.28. The Kier molecular flexibility index (Phi) is 8.40. The summed E-state index contributed by atoms with van der Waals surface area (Å²) in [5.41, 5.74) is 3.06. The van der Waals surface area contributed by atoms with Gasteiger partial charge in [0.15, 0.2) is 0 Å². The van der Waals surface area contributed by atoms with E-state index in [0.29, 0.717) is 18.0 Å². The number of nitrogens with one attached hydrogen (secondary N) is 1. The zero-order valence-electron chi connectivity index (χ0n) is 20.5. The maximum atomic E-state index is 12.3. The van der Waals surface area contributed by atoms with Gasteiger partial charge < -0.3 is 10.1 Å². The molecule has 3 aromatic rings. The molecule has 1 amide bonds. The van der Waals surface area contributed by atoms with E-state index in [1.165, 1.54) is 48.2 Å². The molecule has 190 valence electrons. The molecule has 0 radical (unpaired) electrons. The highest BCUT2D eigenvalue weighted by atomic mass is 32.2. The van der Waals surface area contributed by atoms with Gasteiger partial charge in [-0.15, -0.1) is 0 Å². The van der Waals surface area contributed by atoms with Crippen molar-refractivity contribution in [3.8, 4) is 5.75 Å². The van der Waals surface area contributed by atoms with Crippen LogP contribution in [0.2, 0.25) is 0 Å². The number of amides is 1. The van der Waals surface area contributed by atoms with Crippen LogP contribution in [-0.4, -0.2) is 45.0 Å². The average molecular weight is 508 g/mol. The Balaban J connectivity index is 1.20. The van der Waals surface area contributed by atoms with Crippen molar-refractivity contribution in [2.75, 3.05) is 19.6 Å². The van der Waals surface area contributed by atoms with Crippen molar-refractivity contribution >= 4 is 15.9 Å². The van der Waals surface area contributed by atoms with Crippen LogP contribution >= 0.6 is 0 Å². The first-order valence-corrected chi connectivity index (χ1v) is 13.8. The van der Waals surface area contributed by atoms with Gasteiger partial charge in [0, 0.05) is 12.1 Å². The summed E-state index contributed by atoms with van der Waals surface area (Å²) in [5, 5.41) is 7.90. The van der Waals surface area contributed by atoms with Crippen LogP contribution in [0.5, 0.6) is 5.75 Å². The standard InChI is InChI=1S/C28H33N3O4S/c1-21(19-30-28(32)25-9-13-27(14-10-25)36(29,33)34)35-26-11-7-22(8-12-26)20-31-17-15-24(16-18-31)23-5-3-2-4-6-23/h2-14,21,24H,15-20H2,1H3,(H,30,32)(H2,29,33,34). The first-order valence-electron chi connectivity index (χ1n) is 12.2. The summed E-state index contributed by atoms with van der Waals surface area (Å²) >= 11 is 0. The van der Waals surface area contributed by atoms with Crippen LogP contribution in [0.1, 0.15) is 47.2 Å². The predicted octanol–water partition coefficient (Wildman–Crippen LogP) is 3.91. The van der Waals surface area contributed by atoms with E-state index in [4.69, 9.17) is 9.88 Å². The molecule has 0 aromatic heterocycles. The number of carbonyl (C=O) groups excluding carboxylic acids is 1. The SMILES string of the molecule is CC(CNC(=O)c1ccc(S(N)(=O)=O)cc1)Oc1ccc(CN2CCC(c3ccccc3)CC2)cc1. The zero-order valence-corrected chi connectivity index (χ0v) is 21.3. The van der Waals surface area contributed by atoms with Crippen molar-refractivity contribution in [2.45, 2.75) is 43.2 Å². The predicted molar refractivity (Wildman–Crippen MR) is 140 cm³/mol. The van der Waals surface area contributed by atoms with Gasteiger partial charge in [0.25, 0.3) is 5.91 Å². The van der Waals surface area contributed by atoms with Gasteiger partial charge in [-0.05, 0) is 86.3 Å². The topological polar surface area (TPSA) is 102 Å². The molecule has 7 nitrogen and oxygen atoms in total. The molecule has 8 heteroatoms. The summed E-state index contributed by atoms with van der Waals surface area (Å²) in [6, 6.07) is 24.4. The monoisotopic (exact) mass is 507 g/mol. The average Bonchev–Trinajstić information content (AvgIpc) is 2.89. The van der Waals surface area contributed by atoms with Gasteiger partial charge in [-0.3, -0.25) is 9.69 Å². The van der Waals surface area contributed by atoms with Gasteiger partial charge in [-0.1, -0.05) is 42.5 Å². The molecular weight excluding hydrogens is 474 g/mol. The quantitative estimate of drug-likeness (QED) is 0.457. The first kappa shape index (κ1) is 25.9. The minimum atomic E-state index is -3.78. The van der Waals surface area contributed by atoms with E-state index in [1.807, 2.05) is 19.1 Å². The van der Waals surface area contributed by atoms with Crippen LogP contribution in [0.15, 0.2) is 83.8 Å². The molecule has 4 rings (SSSR count). The number of hydrogen-bond acceptors (Lipinski definition) is 5. The second-order valence-electron chi connectivity index (χ2n) is 9.31. The van der Waals surface area contributed by atoms with E-state index < -0.39 is 10.0 Å². The largest absolute Gasteiger partial charge is 0.489 e. The van der Waals surface area contributed by atoms with Gasteiger partial charge in [-0.25, -0.2) is 13.6 Å². The smallest absolute Gasteiger partial charge is 0.251 e. The lowest BCUT2D eigenvalue weighted by molar-refractivity contribution is 0.0932. The fourth-order valence-corrected chi connectivity index (χ4v) is 5.01. The van der Waals surface area contributed by atoms with Crippen molar-refractivity contribution in [2.24, 2.45) is 5.14 Å². The number of ether oxygens (including phenoxy) is 1. The second kappa shape index (κ2) is 11.7. The molecular formula is C28H33N3O4S. The summed E-state index contributed by atoms with van der Waals surface area (Å²) in [6.45, 7) is 5.32. The number of sulfonamides is 1. The third-order valence-electron chi connectivity index (χ3n) is 6.52. The van der Waals surface area contributed by atoms with Gasteiger partial charge in [0.1, 0.15) is 11.9 Å². The van der Waals surface area contributed by atoms with Crippen LogP contribution in [0, 0.1) is 0 Å². The van der Waals surface area contributed by atoms with E-state index in [2.05, 4.69) is 52.7 Å². The Hall–Kier alpha value is -3.20. The summed E-state index contributed by atoms with van der Waals surface area (Å²) in [5.74, 6) is 1.10. The molecule has 0 aliphatic carbocycles. The van der Waals surface area contributed by atoms with E-state index in [0.717, 1.165) is 25.4 Å². The maximum Gasteiger partial charge on any atom is 0.251 e. The molecule has 1 saturated heterocycles. The molecule has 3 aromatic carbocycles. The number of rotatable bonds is 9. The number of nitrogens with zero attached hydrogens (tertiary/aromatic N) is 1. The Morgan fingerprint density at radius 3 is 2.25 bits per heavy atom. The fourth-order valence-electron chi connectivity index (χ4n) is 4.49. The van der Waals surface area contributed by atoms with Crippen molar-refractivity contribution < 1.29 is 17.9 Å². The molecule has 1 unspecified atom stereocenters. The number of piperidine rings is 1. The normalized spacial score (nSPS) is 15.8. The molecule has 0 bridgehead atoms. The summed E-state index contributed by atoms with van der Waals surface area (Å²) in [6.07, 6.45) is 2.13. The number of primary sulfonamides is 1. The van der Waals surface area contributed by atoms with Gasteiger partial charge in [0.2, 0.25) is 10.0 Å². The number of carbonyl (C=O) groups is 1. The Morgan fingerprint density at radius 1 is 1.00 bits per heavy atom. The summed E-state index contributed by atoms with van der Waals surface area (Å²) < 4.78 is 28.6. The second-order valence-corrected chi connectivity index (χ2v) is 10.9. The molecule has 3 N–H and O–H groups in total. The molecule has 1 heterocycles. The van der Waals surface area contributed by atoms with Crippen molar-refractivity contribution in [1.82, 2.24) is 10.2 Å². The highest BCUT2D eigenvalue weighted by Gasteiger charge is 2.20. The number of nitrogens with two attached hydrogens (primary N) is 1. The lowest BCUT2D eigenvalue weighted by Crippen LogP contribution is -2.33. The Morgan fingerprint density at radius 2 is 1.64 bits per heavy atom. The molecule has 0 spiro atoms. The minimum absolute atomic E-state index is 0.0316. The Labute approximate surface area is 213 Å². The molecule has 1 aliphatic rings. The maximum absolute atomic E-state index is 12.3. The molecule has 1 fully saturated rings. The molecule has 1 atom stereocenters. The van der Waals surface area contributed by atoms with E-state index in [9.17, 15) is 13.2 Å². The van der Waals surface area contributed by atoms with Gasteiger partial charge >= 0.3 is 0 Å². The lowest BCUT2D eigenvalue weighted by Gasteiger charge is -2.32. The number of benzene rings is 3. The molecule has 36 heavy (non-hydrogen) atoms. The molecule has 0 saturated carbocycles. The third kappa shape index (κ3) is 7.16. The van der Waals surface area contributed by atoms with Crippen molar-refractivity contribution in [1.29, 1.82) is 0 Å². The van der Waals surface area contributed by atoms with Crippen molar-refractivity contribution in [3.63, 3.8) is 0 Å². The summed E-state index contributed by atoms with van der Waals surface area (Å²) in [4.78, 5) is 14.8. The van der Waals surface area contributed by atoms with E-state index in [-0.39, 0.29) is 16.9 Å². The van der Waals surface area contributed by atoms with Crippen LogP contribution in [0.25, 0.3) is 0 Å². The van der Waals surface area contributed by atoms with E-state index >= 15 is 0 Å². The Bertz CT molecular complexity index is 1240. The highest BCUT2D eigenvalue weighted by molar-refractivity contribution is 7.89. The summed E-state index contributed by atoms with van der Waals surface area (Å²) in [7, 11) is -3.78. The molecule has 1 aliphatic heterocycles. The van der Waals surface area contributed by atoms with Crippen LogP contribution in [0.4, 0.5) is 0 Å². The number of likely N-dealkylation sites (tertiary alicyclic amines) is 1. The van der Waals surface area contributed by atoms with Crippen LogP contribution in [0.3, 0.4) is 0 Å². The van der Waals surface area contributed by atoms with Gasteiger partial charge in [-0.2, -0.15) is 0 Å². The third-order valence-corrected chi connectivity index (χ3v) is 7.45. The van der Waals surface area contributed by atoms with E-state index in [1.54, 1.807) is 0 Å². The van der Waals surface area contributed by atoms with Gasteiger partial charge in [0.05, 0.1) is 11.4 Å². The van der Waals surface area contributed by atoms with Crippen molar-refractivity contribution in [3.05, 3.63) is 95.6 Å². The zero-order chi connectivity index (χ0) is 25.5. The fraction of sp³-hybridized carbons (Fsp3) is 0.321. The first-order chi connectivity index (χ1) is 17.3. The van der Waals surface area contributed by atoms with Crippen LogP contribution in [-0.2, 0) is 16.6 Å². The number of hydrogen-bond donors (Lipinski definition) is 2. The van der Waals surface area contributed by atoms with Crippen LogP contribution < -0.4 is 15.2 Å². The lowest BCUT2D eigenvalue weighted by atomic mass is 9.89.